The Morgan fingerprint density at radius 3 is 2.03 bits per heavy atom. The van der Waals surface area contributed by atoms with Crippen LogP contribution in [0.3, 0.4) is 0 Å². The molecule has 0 bridgehead atoms. The highest BCUT2D eigenvalue weighted by molar-refractivity contribution is 7.92. The topological polar surface area (TPSA) is 109 Å². The maximum Gasteiger partial charge on any atom is 0.263 e. The molecule has 36 heavy (non-hydrogen) atoms. The third-order valence-corrected chi connectivity index (χ3v) is 6.68. The monoisotopic (exact) mass is 511 g/mol. The van der Waals surface area contributed by atoms with Crippen LogP contribution in [0.5, 0.6) is 23.0 Å². The van der Waals surface area contributed by atoms with Crippen LogP contribution < -0.4 is 23.7 Å². The van der Waals surface area contributed by atoms with Crippen molar-refractivity contribution < 1.29 is 27.4 Å². The fraction of sp³-hybridized carbons (Fsp3) is 0.231. The van der Waals surface area contributed by atoms with Gasteiger partial charge in [0, 0.05) is 12.5 Å². The first-order chi connectivity index (χ1) is 16.9. The lowest BCUT2D eigenvalue weighted by Gasteiger charge is -2.16. The predicted octanol–water partition coefficient (Wildman–Crippen LogP) is 4.69. The van der Waals surface area contributed by atoms with Crippen LogP contribution in [0.25, 0.3) is 11.0 Å². The Hall–Kier alpha value is -4.05. The number of nitrogens with zero attached hydrogens (tertiary/aromatic N) is 2. The Morgan fingerprint density at radius 1 is 0.778 bits per heavy atom. The van der Waals surface area contributed by atoms with Gasteiger partial charge in [-0.3, -0.25) is 4.72 Å². The smallest absolute Gasteiger partial charge is 0.263 e. The van der Waals surface area contributed by atoms with Gasteiger partial charge in [0.15, 0.2) is 17.3 Å². The van der Waals surface area contributed by atoms with Crippen molar-refractivity contribution >= 4 is 26.9 Å². The lowest BCUT2D eigenvalue weighted by atomic mass is 10.1. The zero-order chi connectivity index (χ0) is 25.0. The van der Waals surface area contributed by atoms with Gasteiger partial charge < -0.3 is 18.9 Å². The number of hydrogen-bond acceptors (Lipinski definition) is 8. The molecule has 0 atom stereocenters. The number of anilines is 1. The summed E-state index contributed by atoms with van der Waals surface area (Å²) in [7, 11) is 2.26. The van der Waals surface area contributed by atoms with Crippen LogP contribution in [0.2, 0.25) is 0 Å². The molecule has 1 heterocycles. The zero-order valence-electron chi connectivity index (χ0n) is 19.7. The Kier molecular flexibility index (Phi) is 8.21. The van der Waals surface area contributed by atoms with E-state index in [-0.39, 0.29) is 24.6 Å². The molecule has 190 valence electrons. The lowest BCUT2D eigenvalue weighted by Crippen LogP contribution is -2.16. The van der Waals surface area contributed by atoms with Crippen LogP contribution in [0.15, 0.2) is 65.6 Å². The van der Waals surface area contributed by atoms with Crippen LogP contribution in [0.4, 0.5) is 5.82 Å². The standard InChI is InChI=1S/C25H25N3O6S.CH4/c1-31-17-10-11-19-20(15-17)26-21(12-16-13-22(32-2)24(34-4)23(14-16)33-3)25(27-19)28-35(29,30)18-8-6-5-7-9-18;/h5-11,13-15H,12H2,1-4H3,(H,27,28);1H4. The SMILES string of the molecule is C.COc1ccc2nc(NS(=O)(=O)c3ccccc3)c(Cc3cc(OC)c(OC)c(OC)c3)nc2c1. The number of hydrogen-bond donors (Lipinski definition) is 1. The molecule has 0 unspecified atom stereocenters. The molecule has 9 nitrogen and oxygen atoms in total. The van der Waals surface area contributed by atoms with Crippen LogP contribution in [-0.2, 0) is 16.4 Å². The summed E-state index contributed by atoms with van der Waals surface area (Å²) in [5, 5.41) is 0. The van der Waals surface area contributed by atoms with Crippen molar-refractivity contribution in [1.29, 1.82) is 0 Å². The Morgan fingerprint density at radius 2 is 1.44 bits per heavy atom. The minimum Gasteiger partial charge on any atom is -0.497 e. The van der Waals surface area contributed by atoms with Gasteiger partial charge in [-0.15, -0.1) is 0 Å². The molecule has 0 saturated heterocycles. The van der Waals surface area contributed by atoms with Gasteiger partial charge in [-0.05, 0) is 42.0 Å². The summed E-state index contributed by atoms with van der Waals surface area (Å²) in [5.41, 5.74) is 2.26. The van der Waals surface area contributed by atoms with E-state index in [1.807, 2.05) is 0 Å². The van der Waals surface area contributed by atoms with Crippen LogP contribution >= 0.6 is 0 Å². The number of fused-ring (bicyclic) bond motifs is 1. The number of methoxy groups -OCH3 is 4. The minimum absolute atomic E-state index is 0. The molecule has 0 fully saturated rings. The Balaban J connectivity index is 0.00000361. The maximum absolute atomic E-state index is 13.1. The van der Waals surface area contributed by atoms with E-state index in [0.717, 1.165) is 5.56 Å². The first kappa shape index (κ1) is 26.6. The van der Waals surface area contributed by atoms with Crippen molar-refractivity contribution in [3.63, 3.8) is 0 Å². The molecule has 4 rings (SSSR count). The normalized spacial score (nSPS) is 10.9. The molecule has 1 N–H and O–H groups in total. The molecule has 0 amide bonds. The molecule has 0 radical (unpaired) electrons. The number of aromatic nitrogens is 2. The van der Waals surface area contributed by atoms with Crippen molar-refractivity contribution in [2.75, 3.05) is 33.2 Å². The van der Waals surface area contributed by atoms with Crippen molar-refractivity contribution in [1.82, 2.24) is 9.97 Å². The second-order valence-electron chi connectivity index (χ2n) is 7.50. The molecule has 0 aliphatic heterocycles. The fourth-order valence-electron chi connectivity index (χ4n) is 3.62. The van der Waals surface area contributed by atoms with Crippen molar-refractivity contribution in [3.05, 3.63) is 71.9 Å². The fourth-order valence-corrected chi connectivity index (χ4v) is 4.67. The molecule has 3 aromatic carbocycles. The van der Waals surface area contributed by atoms with E-state index in [1.165, 1.54) is 33.5 Å². The quantitative estimate of drug-likeness (QED) is 0.345. The van der Waals surface area contributed by atoms with E-state index in [9.17, 15) is 8.42 Å². The van der Waals surface area contributed by atoms with Crippen molar-refractivity contribution in [3.8, 4) is 23.0 Å². The number of sulfonamides is 1. The number of benzene rings is 3. The van der Waals surface area contributed by atoms with Gasteiger partial charge in [-0.2, -0.15) is 0 Å². The first-order valence-corrected chi connectivity index (χ1v) is 12.1. The van der Waals surface area contributed by atoms with Gasteiger partial charge >= 0.3 is 0 Å². The Bertz CT molecular complexity index is 1430. The van der Waals surface area contributed by atoms with E-state index in [2.05, 4.69) is 9.71 Å². The van der Waals surface area contributed by atoms with E-state index in [0.29, 0.717) is 39.7 Å². The molecular formula is C26H29N3O6S. The summed E-state index contributed by atoms with van der Waals surface area (Å²) in [6, 6.07) is 16.9. The van der Waals surface area contributed by atoms with Gasteiger partial charge in [0.25, 0.3) is 10.0 Å². The highest BCUT2D eigenvalue weighted by atomic mass is 32.2. The van der Waals surface area contributed by atoms with Crippen molar-refractivity contribution in [2.45, 2.75) is 18.7 Å². The molecule has 0 saturated carbocycles. The summed E-state index contributed by atoms with van der Waals surface area (Å²) in [6.45, 7) is 0. The first-order valence-electron chi connectivity index (χ1n) is 10.6. The third kappa shape index (κ3) is 5.44. The van der Waals surface area contributed by atoms with Crippen LogP contribution in [0, 0.1) is 0 Å². The number of nitrogens with one attached hydrogen (secondary N) is 1. The number of ether oxygens (including phenoxy) is 4. The van der Waals surface area contributed by atoms with Crippen molar-refractivity contribution in [2.24, 2.45) is 0 Å². The predicted molar refractivity (Wildman–Crippen MR) is 139 cm³/mol. The summed E-state index contributed by atoms with van der Waals surface area (Å²) in [6.07, 6.45) is 0.240. The highest BCUT2D eigenvalue weighted by Gasteiger charge is 2.20. The number of rotatable bonds is 9. The average Bonchev–Trinajstić information content (AvgIpc) is 2.88. The summed E-state index contributed by atoms with van der Waals surface area (Å²) >= 11 is 0. The van der Waals surface area contributed by atoms with Gasteiger partial charge in [-0.1, -0.05) is 25.6 Å². The minimum atomic E-state index is -3.89. The van der Waals surface area contributed by atoms with E-state index >= 15 is 0 Å². The maximum atomic E-state index is 13.1. The zero-order valence-corrected chi connectivity index (χ0v) is 20.5. The molecule has 0 spiro atoms. The second-order valence-corrected chi connectivity index (χ2v) is 9.18. The molecular weight excluding hydrogens is 482 g/mol. The van der Waals surface area contributed by atoms with Gasteiger partial charge in [0.2, 0.25) is 5.75 Å². The Labute approximate surface area is 211 Å². The van der Waals surface area contributed by atoms with E-state index < -0.39 is 10.0 Å². The lowest BCUT2D eigenvalue weighted by molar-refractivity contribution is 0.324. The van der Waals surface area contributed by atoms with E-state index in [1.54, 1.807) is 55.6 Å². The highest BCUT2D eigenvalue weighted by Crippen LogP contribution is 2.39. The average molecular weight is 512 g/mol. The third-order valence-electron chi connectivity index (χ3n) is 5.32. The van der Waals surface area contributed by atoms with Crippen LogP contribution in [0.1, 0.15) is 18.7 Å². The van der Waals surface area contributed by atoms with Gasteiger partial charge in [0.1, 0.15) is 5.75 Å². The summed E-state index contributed by atoms with van der Waals surface area (Å²) in [4.78, 5) is 9.43. The summed E-state index contributed by atoms with van der Waals surface area (Å²) in [5.74, 6) is 2.15. The van der Waals surface area contributed by atoms with Gasteiger partial charge in [0.05, 0.1) is 50.1 Å². The molecule has 4 aromatic rings. The van der Waals surface area contributed by atoms with Crippen LogP contribution in [-0.4, -0.2) is 46.8 Å². The molecule has 10 heteroatoms. The second kappa shape index (κ2) is 11.1. The largest absolute Gasteiger partial charge is 0.497 e. The van der Waals surface area contributed by atoms with Gasteiger partial charge in [-0.25, -0.2) is 18.4 Å². The van der Waals surface area contributed by atoms with E-state index in [4.69, 9.17) is 23.9 Å². The molecule has 0 aliphatic carbocycles. The molecule has 1 aromatic heterocycles. The molecule has 0 aliphatic rings. The summed E-state index contributed by atoms with van der Waals surface area (Å²) < 4.78 is 50.4.